The first kappa shape index (κ1) is 55.7. The predicted molar refractivity (Wildman–Crippen MR) is 277 cm³/mol. The van der Waals surface area contributed by atoms with Gasteiger partial charge in [-0.3, -0.25) is 52.6 Å². The number of carbonyl (C=O) groups is 7. The molecule has 1 unspecified atom stereocenters. The number of imidazole rings is 1. The summed E-state index contributed by atoms with van der Waals surface area (Å²) in [5.74, 6) is -3.40. The van der Waals surface area contributed by atoms with E-state index in [-0.39, 0.29) is 79.6 Å². The smallest absolute Gasteiger partial charge is 0.399 e. The van der Waals surface area contributed by atoms with Gasteiger partial charge in [0.1, 0.15) is 30.5 Å². The van der Waals surface area contributed by atoms with E-state index in [2.05, 4.69) is 16.0 Å². The van der Waals surface area contributed by atoms with Crippen molar-refractivity contribution in [2.24, 2.45) is 12.8 Å². The van der Waals surface area contributed by atoms with Crippen molar-refractivity contribution >= 4 is 93.0 Å². The molecule has 7 amide bonds. The number of nitrogens with zero attached hydrogens (tertiary/aromatic N) is 4. The first-order valence-corrected chi connectivity index (χ1v) is 27.7. The van der Waals surface area contributed by atoms with E-state index in [1.54, 1.807) is 19.2 Å². The summed E-state index contributed by atoms with van der Waals surface area (Å²) in [4.78, 5) is 126. The number of imide groups is 1. The third kappa shape index (κ3) is 12.0. The van der Waals surface area contributed by atoms with Crippen LogP contribution in [-0.4, -0.2) is 114 Å². The molecular weight excluding hydrogens is 1050 g/mol. The minimum Gasteiger partial charge on any atom is -0.490 e. The second-order valence-corrected chi connectivity index (χ2v) is 22.6. The lowest BCUT2D eigenvalue weighted by Crippen LogP contribution is -2.61. The van der Waals surface area contributed by atoms with Gasteiger partial charge in [-0.2, -0.15) is 8.78 Å². The average Bonchev–Trinajstić information content (AvgIpc) is 4.07. The molecular formula is C51H58ClF2N8O12PS. The molecule has 0 bridgehead atoms. The van der Waals surface area contributed by atoms with Gasteiger partial charge < -0.3 is 40.7 Å². The SMILES string of the molecule is CC(=O)N1CC[C@H]2CC[C@@H](C(=O)N[C@@H](CCC(N)=O)COc3cccc(CCCCCc4ccc5c(c4)n(C)c(=O)n5C4CCC(=O)NC4=O)c3Cl)N2C(=O)[C@@H](NC(=O)c2cc3cc(C(F)(F)P(=O)(O)O)ccc3s2)C1. The van der Waals surface area contributed by atoms with Crippen LogP contribution in [0.5, 0.6) is 5.75 Å². The van der Waals surface area contributed by atoms with E-state index in [1.165, 1.54) is 38.0 Å². The number of piperidine rings is 1. The van der Waals surface area contributed by atoms with Crippen molar-refractivity contribution in [1.82, 2.24) is 34.9 Å². The Bertz CT molecular complexity index is 3230. The summed E-state index contributed by atoms with van der Waals surface area (Å²) in [5, 5.41) is 8.44. The number of ether oxygens (including phenoxy) is 1. The topological polar surface area (TPSA) is 282 Å². The Kier molecular flexibility index (Phi) is 16.8. The number of fused-ring (bicyclic) bond motifs is 3. The summed E-state index contributed by atoms with van der Waals surface area (Å²) in [6.07, 6.45) is 5.26. The Hall–Kier alpha value is -6.52. The summed E-state index contributed by atoms with van der Waals surface area (Å²) >= 11 is 7.78. The van der Waals surface area contributed by atoms with Crippen LogP contribution in [0.1, 0.15) is 104 Å². The number of benzene rings is 3. The fraction of sp³-hybridized carbons (Fsp3) is 0.451. The molecule has 0 radical (unpaired) electrons. The molecule has 3 fully saturated rings. The first-order valence-electron chi connectivity index (χ1n) is 24.9. The molecule has 8 rings (SSSR count). The van der Waals surface area contributed by atoms with E-state index in [1.807, 2.05) is 24.3 Å². The quantitative estimate of drug-likeness (QED) is 0.0366. The number of amides is 7. The highest BCUT2D eigenvalue weighted by Gasteiger charge is 2.50. The third-order valence-electron chi connectivity index (χ3n) is 14.4. The van der Waals surface area contributed by atoms with Gasteiger partial charge in [-0.05, 0) is 111 Å². The zero-order chi connectivity index (χ0) is 54.8. The number of carbonyl (C=O) groups excluding carboxylic acids is 7. The lowest BCUT2D eigenvalue weighted by molar-refractivity contribution is -0.145. The van der Waals surface area contributed by atoms with Crippen molar-refractivity contribution in [2.45, 2.75) is 120 Å². The van der Waals surface area contributed by atoms with Crippen molar-refractivity contribution in [2.75, 3.05) is 19.7 Å². The molecule has 3 aliphatic heterocycles. The molecule has 0 spiro atoms. The number of alkyl halides is 2. The second kappa shape index (κ2) is 23.0. The normalized spacial score (nSPS) is 19.8. The molecule has 3 saturated heterocycles. The number of aromatic nitrogens is 2. The number of hydrogen-bond donors (Lipinski definition) is 6. The summed E-state index contributed by atoms with van der Waals surface area (Å²) in [7, 11) is -4.21. The van der Waals surface area contributed by atoms with Crippen molar-refractivity contribution in [3.05, 3.63) is 97.7 Å². The number of hydrogen-bond acceptors (Lipinski definition) is 11. The van der Waals surface area contributed by atoms with Gasteiger partial charge in [0.05, 0.1) is 27.0 Å². The largest absolute Gasteiger partial charge is 0.490 e. The number of rotatable bonds is 19. The van der Waals surface area contributed by atoms with Crippen LogP contribution in [0.2, 0.25) is 5.02 Å². The summed E-state index contributed by atoms with van der Waals surface area (Å²) in [6.45, 7) is 1.20. The number of aryl methyl sites for hydroxylation is 3. The maximum atomic E-state index is 14.5. The van der Waals surface area contributed by atoms with Crippen molar-refractivity contribution in [1.29, 1.82) is 0 Å². The van der Waals surface area contributed by atoms with Gasteiger partial charge in [0, 0.05) is 56.2 Å². The van der Waals surface area contributed by atoms with Gasteiger partial charge in [0.2, 0.25) is 35.4 Å². The van der Waals surface area contributed by atoms with Crippen LogP contribution in [0, 0.1) is 0 Å². The second-order valence-electron chi connectivity index (χ2n) is 19.5. The maximum absolute atomic E-state index is 14.5. The van der Waals surface area contributed by atoms with Gasteiger partial charge in [-0.15, -0.1) is 11.3 Å². The third-order valence-corrected chi connectivity index (χ3v) is 16.9. The molecule has 5 atom stereocenters. The van der Waals surface area contributed by atoms with Crippen LogP contribution in [0.25, 0.3) is 21.1 Å². The monoisotopic (exact) mass is 1110 g/mol. The molecule has 7 N–H and O–H groups in total. The van der Waals surface area contributed by atoms with Crippen molar-refractivity contribution < 1.29 is 61.4 Å². The van der Waals surface area contributed by atoms with Crippen LogP contribution in [0.3, 0.4) is 0 Å². The lowest BCUT2D eigenvalue weighted by Gasteiger charge is -2.38. The summed E-state index contributed by atoms with van der Waals surface area (Å²) in [6, 6.07) is 11.0. The predicted octanol–water partition coefficient (Wildman–Crippen LogP) is 4.91. The van der Waals surface area contributed by atoms with Gasteiger partial charge in [0.15, 0.2) is 0 Å². The Morgan fingerprint density at radius 2 is 1.74 bits per heavy atom. The van der Waals surface area contributed by atoms with Crippen LogP contribution in [-0.2, 0) is 58.9 Å². The fourth-order valence-electron chi connectivity index (χ4n) is 10.2. The Balaban J connectivity index is 0.886. The minimum atomic E-state index is -5.87. The summed E-state index contributed by atoms with van der Waals surface area (Å²) < 4.78 is 50.1. The fourth-order valence-corrected chi connectivity index (χ4v) is 11.9. The standard InChI is InChI=1S/C51H58ClF2N8O12PS/c1-28(63)60-22-21-34-14-16-37(61(34)49(69)35(26-60)57-48(68)42-25-31-24-32(12-18-41(31)76-42)51(53,54)75(71,72)73)46(66)56-33(13-19-43(55)64)27-74-40-10-6-9-30(45(40)52)8-5-3-4-7-29-11-15-36-39(23-29)59(2)50(70)62(36)38-17-20-44(65)58-47(38)67/h6,9-12,15,18,23-25,33-35,37-38H,3-5,7-8,13-14,16-17,19-22,26-27H2,1-2H3,(H2,55,64)(H,56,66)(H,57,68)(H,58,65,67)(H2,71,72,73)/t33-,34+,35-,37-,38?/m0/s1. The number of nitrogens with two attached hydrogens (primary N) is 1. The number of unbranched alkanes of at least 4 members (excludes halogenated alkanes) is 2. The highest BCUT2D eigenvalue weighted by molar-refractivity contribution is 7.52. The molecule has 5 heterocycles. The molecule has 76 heavy (non-hydrogen) atoms. The van der Waals surface area contributed by atoms with Gasteiger partial charge in [-0.25, -0.2) is 4.79 Å². The first-order chi connectivity index (χ1) is 36.0. The minimum absolute atomic E-state index is 0.00737. The molecule has 2 aromatic heterocycles. The molecule has 20 nitrogen and oxygen atoms in total. The lowest BCUT2D eigenvalue weighted by atomic mass is 10.0. The van der Waals surface area contributed by atoms with E-state index in [0.29, 0.717) is 45.8 Å². The Morgan fingerprint density at radius 1 is 0.974 bits per heavy atom. The van der Waals surface area contributed by atoms with E-state index in [4.69, 9.17) is 22.1 Å². The zero-order valence-electron chi connectivity index (χ0n) is 41.6. The van der Waals surface area contributed by atoms with Crippen LogP contribution in [0.15, 0.2) is 65.5 Å². The van der Waals surface area contributed by atoms with Crippen LogP contribution < -0.4 is 32.1 Å². The molecule has 25 heteroatoms. The molecule has 3 aromatic carbocycles. The zero-order valence-corrected chi connectivity index (χ0v) is 44.1. The molecule has 3 aliphatic rings. The van der Waals surface area contributed by atoms with Crippen LogP contribution in [0.4, 0.5) is 8.78 Å². The van der Waals surface area contributed by atoms with Crippen LogP contribution >= 0.6 is 30.5 Å². The molecule has 406 valence electrons. The number of nitrogens with one attached hydrogen (secondary N) is 3. The molecule has 5 aromatic rings. The Morgan fingerprint density at radius 3 is 2.46 bits per heavy atom. The van der Waals surface area contributed by atoms with E-state index in [0.717, 1.165) is 60.3 Å². The van der Waals surface area contributed by atoms with Gasteiger partial charge in [-0.1, -0.05) is 42.3 Å². The van der Waals surface area contributed by atoms with E-state index in [9.17, 15) is 61.5 Å². The Labute approximate surface area is 443 Å². The van der Waals surface area contributed by atoms with E-state index >= 15 is 0 Å². The molecule has 0 saturated carbocycles. The summed E-state index contributed by atoms with van der Waals surface area (Å²) in [5.41, 5.74) is 2.95. The average molecular weight is 1110 g/mol. The van der Waals surface area contributed by atoms with Gasteiger partial charge >= 0.3 is 18.9 Å². The van der Waals surface area contributed by atoms with Crippen molar-refractivity contribution in [3.8, 4) is 5.75 Å². The number of thiophene rings is 1. The highest BCUT2D eigenvalue weighted by atomic mass is 35.5. The van der Waals surface area contributed by atoms with Gasteiger partial charge in [0.25, 0.3) is 5.91 Å². The van der Waals surface area contributed by atoms with Crippen molar-refractivity contribution in [3.63, 3.8) is 0 Å². The highest BCUT2D eigenvalue weighted by Crippen LogP contribution is 2.59. The van der Waals surface area contributed by atoms with E-state index < -0.39 is 78.6 Å². The number of halogens is 3. The maximum Gasteiger partial charge on any atom is 0.399 e. The molecule has 0 aliphatic carbocycles. The number of primary amides is 1.